The van der Waals surface area contributed by atoms with E-state index in [1.165, 1.54) is 35.2 Å². The van der Waals surface area contributed by atoms with Crippen LogP contribution >= 0.6 is 23.2 Å². The molecule has 242 valence electrons. The Morgan fingerprint density at radius 2 is 1.52 bits per heavy atom. The van der Waals surface area contributed by atoms with E-state index in [2.05, 4.69) is 5.32 Å². The number of carbonyl (C=O) groups is 2. The van der Waals surface area contributed by atoms with Crippen LogP contribution in [0.5, 0.6) is 5.75 Å². The average Bonchev–Trinajstić information content (AvgIpc) is 3.07. The van der Waals surface area contributed by atoms with Crippen LogP contribution in [0, 0.1) is 0 Å². The van der Waals surface area contributed by atoms with E-state index in [4.69, 9.17) is 27.9 Å². The molecule has 0 saturated carbocycles. The zero-order valence-electron chi connectivity index (χ0n) is 25.9. The molecule has 0 bridgehead atoms. The summed E-state index contributed by atoms with van der Waals surface area (Å²) in [6, 6.07) is 27.6. The summed E-state index contributed by atoms with van der Waals surface area (Å²) in [5, 5.41) is 3.35. The lowest BCUT2D eigenvalue weighted by Gasteiger charge is -2.34. The summed E-state index contributed by atoms with van der Waals surface area (Å²) in [5.74, 6) is -0.390. The number of hydrogen-bond donors (Lipinski definition) is 1. The van der Waals surface area contributed by atoms with E-state index in [1.54, 1.807) is 43.5 Å². The number of sulfonamides is 1. The number of methoxy groups -OCH3 is 1. The number of rotatable bonds is 14. The molecule has 0 aromatic heterocycles. The summed E-state index contributed by atoms with van der Waals surface area (Å²) in [5.41, 5.74) is 1.57. The van der Waals surface area contributed by atoms with Gasteiger partial charge in [-0.15, -0.1) is 0 Å². The maximum absolute atomic E-state index is 14.6. The normalized spacial score (nSPS) is 12.5. The second-order valence-electron chi connectivity index (χ2n) is 10.8. The first-order valence-corrected chi connectivity index (χ1v) is 17.0. The van der Waals surface area contributed by atoms with Gasteiger partial charge in [0.05, 0.1) is 22.7 Å². The molecule has 1 N–H and O–H groups in total. The third-order valence-corrected chi connectivity index (χ3v) is 9.87. The van der Waals surface area contributed by atoms with Crippen molar-refractivity contribution >= 4 is 50.7 Å². The van der Waals surface area contributed by atoms with Gasteiger partial charge in [0.1, 0.15) is 18.3 Å². The van der Waals surface area contributed by atoms with Gasteiger partial charge >= 0.3 is 0 Å². The minimum absolute atomic E-state index is 0.00393. The molecule has 46 heavy (non-hydrogen) atoms. The van der Waals surface area contributed by atoms with Crippen molar-refractivity contribution in [2.24, 2.45) is 0 Å². The molecule has 0 aliphatic carbocycles. The largest absolute Gasteiger partial charge is 0.497 e. The van der Waals surface area contributed by atoms with Crippen molar-refractivity contribution in [3.63, 3.8) is 0 Å². The number of carbonyl (C=O) groups excluding carboxylic acids is 2. The zero-order chi connectivity index (χ0) is 33.3. The van der Waals surface area contributed by atoms with E-state index in [9.17, 15) is 18.0 Å². The van der Waals surface area contributed by atoms with Gasteiger partial charge in [0.15, 0.2) is 0 Å². The highest BCUT2D eigenvalue weighted by Crippen LogP contribution is 2.33. The number of benzene rings is 4. The molecule has 0 saturated heterocycles. The molecule has 4 rings (SSSR count). The highest BCUT2D eigenvalue weighted by atomic mass is 35.5. The predicted octanol–water partition coefficient (Wildman–Crippen LogP) is 6.75. The minimum atomic E-state index is -4.31. The number of ether oxygens (including phenoxy) is 1. The Morgan fingerprint density at radius 3 is 2.17 bits per heavy atom. The van der Waals surface area contributed by atoms with Gasteiger partial charge in [0.2, 0.25) is 11.8 Å². The summed E-state index contributed by atoms with van der Waals surface area (Å²) in [6.45, 7) is 3.20. The summed E-state index contributed by atoms with van der Waals surface area (Å²) >= 11 is 12.8. The SMILES string of the molecule is CC[C@H](C)NC(=O)[C@@H](Cc1ccccc1)N(Cc1cccc(OC)c1)C(=O)CN(c1cc(Cl)ccc1Cl)S(=O)(=O)c1ccccc1. The van der Waals surface area contributed by atoms with Gasteiger partial charge in [-0.3, -0.25) is 13.9 Å². The van der Waals surface area contributed by atoms with Crippen LogP contribution in [0.2, 0.25) is 10.0 Å². The van der Waals surface area contributed by atoms with E-state index >= 15 is 0 Å². The van der Waals surface area contributed by atoms with Gasteiger partial charge < -0.3 is 15.0 Å². The molecule has 0 aliphatic heterocycles. The average molecular weight is 683 g/mol. The zero-order valence-corrected chi connectivity index (χ0v) is 28.2. The van der Waals surface area contributed by atoms with Gasteiger partial charge in [-0.1, -0.05) is 90.8 Å². The molecule has 0 radical (unpaired) electrons. The molecular weight excluding hydrogens is 645 g/mol. The maximum atomic E-state index is 14.6. The molecule has 2 atom stereocenters. The first kappa shape index (κ1) is 34.8. The lowest BCUT2D eigenvalue weighted by Crippen LogP contribution is -2.54. The Morgan fingerprint density at radius 1 is 0.870 bits per heavy atom. The van der Waals surface area contributed by atoms with Crippen LogP contribution in [-0.4, -0.2) is 50.9 Å². The summed E-state index contributed by atoms with van der Waals surface area (Å²) < 4.78 is 34.6. The molecule has 0 spiro atoms. The first-order chi connectivity index (χ1) is 22.0. The molecule has 0 heterocycles. The summed E-state index contributed by atoms with van der Waals surface area (Å²) in [7, 11) is -2.77. The number of amides is 2. The van der Waals surface area contributed by atoms with Gasteiger partial charge in [-0.05, 0) is 66.9 Å². The third kappa shape index (κ3) is 8.81. The van der Waals surface area contributed by atoms with Crippen molar-refractivity contribution in [1.29, 1.82) is 0 Å². The van der Waals surface area contributed by atoms with Crippen LogP contribution < -0.4 is 14.4 Å². The van der Waals surface area contributed by atoms with Crippen molar-refractivity contribution in [2.45, 2.75) is 50.2 Å². The molecule has 0 aliphatic rings. The fraction of sp³-hybridized carbons (Fsp3) is 0.257. The van der Waals surface area contributed by atoms with E-state index in [0.29, 0.717) is 17.7 Å². The quantitative estimate of drug-likeness (QED) is 0.159. The fourth-order valence-corrected chi connectivity index (χ4v) is 6.75. The monoisotopic (exact) mass is 681 g/mol. The van der Waals surface area contributed by atoms with Crippen LogP contribution in [0.1, 0.15) is 31.4 Å². The van der Waals surface area contributed by atoms with Gasteiger partial charge in [0.25, 0.3) is 10.0 Å². The van der Waals surface area contributed by atoms with E-state index in [0.717, 1.165) is 9.87 Å². The van der Waals surface area contributed by atoms with E-state index < -0.39 is 28.5 Å². The van der Waals surface area contributed by atoms with Gasteiger partial charge in [-0.25, -0.2) is 8.42 Å². The Bertz CT molecular complexity index is 1740. The van der Waals surface area contributed by atoms with Crippen LogP contribution in [0.15, 0.2) is 108 Å². The molecule has 4 aromatic carbocycles. The topological polar surface area (TPSA) is 96.0 Å². The molecule has 4 aromatic rings. The lowest BCUT2D eigenvalue weighted by molar-refractivity contribution is -0.140. The fourth-order valence-electron chi connectivity index (χ4n) is 4.87. The molecule has 2 amide bonds. The Labute approximate surface area is 280 Å². The van der Waals surface area contributed by atoms with Crippen LogP contribution in [-0.2, 0) is 32.6 Å². The molecule has 0 unspecified atom stereocenters. The van der Waals surface area contributed by atoms with Gasteiger partial charge in [0, 0.05) is 24.0 Å². The number of halogens is 2. The Hall–Kier alpha value is -4.05. The summed E-state index contributed by atoms with van der Waals surface area (Å²) in [4.78, 5) is 29.9. The second kappa shape index (κ2) is 16.0. The number of hydrogen-bond acceptors (Lipinski definition) is 5. The van der Waals surface area contributed by atoms with Crippen molar-refractivity contribution in [1.82, 2.24) is 10.2 Å². The van der Waals surface area contributed by atoms with Crippen molar-refractivity contribution in [3.05, 3.63) is 124 Å². The van der Waals surface area contributed by atoms with Crippen LogP contribution in [0.25, 0.3) is 0 Å². The highest BCUT2D eigenvalue weighted by molar-refractivity contribution is 7.92. The van der Waals surface area contributed by atoms with Crippen molar-refractivity contribution in [3.8, 4) is 5.75 Å². The van der Waals surface area contributed by atoms with Crippen molar-refractivity contribution in [2.75, 3.05) is 18.0 Å². The number of nitrogens with zero attached hydrogens (tertiary/aromatic N) is 2. The van der Waals surface area contributed by atoms with Gasteiger partial charge in [-0.2, -0.15) is 0 Å². The van der Waals surface area contributed by atoms with Crippen LogP contribution in [0.4, 0.5) is 5.69 Å². The second-order valence-corrected chi connectivity index (χ2v) is 13.5. The smallest absolute Gasteiger partial charge is 0.264 e. The molecular formula is C35H37Cl2N3O5S. The van der Waals surface area contributed by atoms with E-state index in [-0.39, 0.29) is 45.5 Å². The number of anilines is 1. The standard InChI is InChI=1S/C35H37Cl2N3O5S/c1-4-25(2)38-35(42)33(21-26-12-7-5-8-13-26)39(23-27-14-11-15-29(20-27)45-3)34(41)24-40(32-22-28(36)18-19-31(32)37)46(43,44)30-16-9-6-10-17-30/h5-20,22,25,33H,4,21,23-24H2,1-3H3,(H,38,42)/t25-,33+/m0/s1. The molecule has 0 fully saturated rings. The lowest BCUT2D eigenvalue weighted by atomic mass is 10.0. The Balaban J connectivity index is 1.84. The molecule has 8 nitrogen and oxygen atoms in total. The maximum Gasteiger partial charge on any atom is 0.264 e. The highest BCUT2D eigenvalue weighted by Gasteiger charge is 2.35. The summed E-state index contributed by atoms with van der Waals surface area (Å²) in [6.07, 6.45) is 0.881. The first-order valence-electron chi connectivity index (χ1n) is 14.8. The van der Waals surface area contributed by atoms with E-state index in [1.807, 2.05) is 50.2 Å². The predicted molar refractivity (Wildman–Crippen MR) is 183 cm³/mol. The minimum Gasteiger partial charge on any atom is -0.497 e. The Kier molecular flexibility index (Phi) is 12.1. The molecule has 11 heteroatoms. The van der Waals surface area contributed by atoms with Crippen molar-refractivity contribution < 1.29 is 22.7 Å². The third-order valence-electron chi connectivity index (χ3n) is 7.55. The van der Waals surface area contributed by atoms with Crippen LogP contribution in [0.3, 0.4) is 0 Å². The number of nitrogens with one attached hydrogen (secondary N) is 1.